The van der Waals surface area contributed by atoms with Crippen molar-refractivity contribution in [3.8, 4) is 5.75 Å². The van der Waals surface area contributed by atoms with Gasteiger partial charge in [0, 0.05) is 19.0 Å². The number of nitrogens with one attached hydrogen (secondary N) is 2. The number of amides is 3. The number of benzene rings is 2. The Morgan fingerprint density at radius 2 is 1.63 bits per heavy atom. The molecule has 0 saturated carbocycles. The number of aromatic hydroxyl groups is 1. The van der Waals surface area contributed by atoms with Crippen LogP contribution in [0.2, 0.25) is 0 Å². The second-order valence-electron chi connectivity index (χ2n) is 10.8. The van der Waals surface area contributed by atoms with Crippen LogP contribution < -0.4 is 10.6 Å². The van der Waals surface area contributed by atoms with Crippen LogP contribution in [-0.2, 0) is 20.7 Å². The van der Waals surface area contributed by atoms with Gasteiger partial charge < -0.3 is 30.5 Å². The largest absolute Gasteiger partial charge is 0.508 e. The van der Waals surface area contributed by atoms with E-state index in [1.165, 1.54) is 17.0 Å². The van der Waals surface area contributed by atoms with Gasteiger partial charge in [-0.2, -0.15) is 0 Å². The first-order valence-corrected chi connectivity index (χ1v) is 12.8. The number of ether oxygens (including phenoxy) is 1. The third-order valence-corrected chi connectivity index (χ3v) is 5.71. The summed E-state index contributed by atoms with van der Waals surface area (Å²) in [6.45, 7) is 12.0. The van der Waals surface area contributed by atoms with Gasteiger partial charge in [0.25, 0.3) is 0 Å². The number of carbonyl (C=O) groups excluding carboxylic acids is 3. The Hall–Kier alpha value is -3.59. The lowest BCUT2D eigenvalue weighted by molar-refractivity contribution is -0.143. The van der Waals surface area contributed by atoms with E-state index in [2.05, 4.69) is 10.6 Å². The van der Waals surface area contributed by atoms with Crippen molar-refractivity contribution in [2.24, 2.45) is 0 Å². The summed E-state index contributed by atoms with van der Waals surface area (Å²) in [6, 6.07) is 9.60. The van der Waals surface area contributed by atoms with E-state index < -0.39 is 35.6 Å². The average Bonchev–Trinajstić information content (AvgIpc) is 2.79. The van der Waals surface area contributed by atoms with E-state index in [0.717, 1.165) is 11.1 Å². The molecule has 2 unspecified atom stereocenters. The molecule has 0 fully saturated rings. The zero-order valence-electron chi connectivity index (χ0n) is 23.4. The lowest BCUT2D eigenvalue weighted by Crippen LogP contribution is -2.55. The first-order chi connectivity index (χ1) is 17.7. The van der Waals surface area contributed by atoms with E-state index in [-0.39, 0.29) is 31.4 Å². The molecule has 9 heteroatoms. The molecule has 2 aromatic carbocycles. The topological polar surface area (TPSA) is 128 Å². The Morgan fingerprint density at radius 1 is 1.00 bits per heavy atom. The predicted octanol–water partition coefficient (Wildman–Crippen LogP) is 3.53. The molecule has 0 saturated heterocycles. The highest BCUT2D eigenvalue weighted by Gasteiger charge is 2.37. The van der Waals surface area contributed by atoms with Crippen molar-refractivity contribution < 1.29 is 29.3 Å². The molecular formula is C29H41N3O6. The number of phenols is 1. The highest BCUT2D eigenvalue weighted by Crippen LogP contribution is 2.27. The minimum absolute atomic E-state index is 0.0685. The van der Waals surface area contributed by atoms with Gasteiger partial charge in [-0.05, 0) is 77.3 Å². The highest BCUT2D eigenvalue weighted by molar-refractivity contribution is 5.92. The number of alkyl carbamates (subject to hydrolysis) is 1. The molecule has 38 heavy (non-hydrogen) atoms. The van der Waals surface area contributed by atoms with Crippen LogP contribution in [-0.4, -0.2) is 63.9 Å². The SMILES string of the molecule is Cc1ccc(C)c(C(C(=O)NC(C)C)N(CCO)C(=O)C(Cc2ccc(O)cc2)NC(=O)OC(C)(C)C)c1. The molecule has 0 aliphatic heterocycles. The standard InChI is InChI=1S/C29H41N3O6/c1-18(2)30-26(35)25(23-16-19(3)8-9-20(23)4)32(14-15-33)27(36)24(31-28(37)38-29(5,6)7)17-21-10-12-22(34)13-11-21/h8-13,16,18,24-25,33-34H,14-15,17H2,1-7H3,(H,30,35)(H,31,37). The third-order valence-electron chi connectivity index (χ3n) is 5.71. The molecule has 2 atom stereocenters. The number of aliphatic hydroxyl groups excluding tert-OH is 1. The van der Waals surface area contributed by atoms with E-state index in [4.69, 9.17) is 4.74 Å². The Balaban J connectivity index is 2.57. The molecule has 4 N–H and O–H groups in total. The van der Waals surface area contributed by atoms with Crippen LogP contribution in [0.5, 0.6) is 5.75 Å². The zero-order valence-corrected chi connectivity index (χ0v) is 23.4. The van der Waals surface area contributed by atoms with Crippen molar-refractivity contribution in [1.82, 2.24) is 15.5 Å². The Morgan fingerprint density at radius 3 is 2.18 bits per heavy atom. The predicted molar refractivity (Wildman–Crippen MR) is 146 cm³/mol. The maximum absolute atomic E-state index is 14.1. The molecular weight excluding hydrogens is 486 g/mol. The van der Waals surface area contributed by atoms with Gasteiger partial charge in [-0.3, -0.25) is 9.59 Å². The molecule has 0 aliphatic rings. The molecule has 0 aromatic heterocycles. The fourth-order valence-corrected chi connectivity index (χ4v) is 4.06. The summed E-state index contributed by atoms with van der Waals surface area (Å²) in [5.41, 5.74) is 2.24. The number of carbonyl (C=O) groups is 3. The van der Waals surface area contributed by atoms with Crippen LogP contribution >= 0.6 is 0 Å². The fourth-order valence-electron chi connectivity index (χ4n) is 4.06. The quantitative estimate of drug-likeness (QED) is 0.374. The van der Waals surface area contributed by atoms with Gasteiger partial charge in [0.05, 0.1) is 6.61 Å². The summed E-state index contributed by atoms with van der Waals surface area (Å²) < 4.78 is 5.41. The number of phenolic OH excluding ortho intramolecular Hbond substituents is 1. The van der Waals surface area contributed by atoms with Gasteiger partial charge >= 0.3 is 6.09 Å². The van der Waals surface area contributed by atoms with E-state index >= 15 is 0 Å². The zero-order chi connectivity index (χ0) is 28.6. The maximum atomic E-state index is 14.1. The van der Waals surface area contributed by atoms with Crippen LogP contribution in [0.15, 0.2) is 42.5 Å². The van der Waals surface area contributed by atoms with Crippen LogP contribution in [0.1, 0.15) is 62.9 Å². The summed E-state index contributed by atoms with van der Waals surface area (Å²) in [7, 11) is 0. The smallest absolute Gasteiger partial charge is 0.408 e. The number of hydrogen-bond acceptors (Lipinski definition) is 6. The van der Waals surface area contributed by atoms with E-state index in [1.54, 1.807) is 32.9 Å². The minimum atomic E-state index is -1.11. The van der Waals surface area contributed by atoms with Crippen LogP contribution in [0.25, 0.3) is 0 Å². The van der Waals surface area contributed by atoms with Crippen LogP contribution in [0.4, 0.5) is 4.79 Å². The molecule has 0 heterocycles. The number of rotatable bonds is 10. The van der Waals surface area contributed by atoms with Crippen molar-refractivity contribution in [1.29, 1.82) is 0 Å². The summed E-state index contributed by atoms with van der Waals surface area (Å²) in [5.74, 6) is -0.877. The van der Waals surface area contributed by atoms with Gasteiger partial charge in [0.2, 0.25) is 11.8 Å². The van der Waals surface area contributed by atoms with E-state index in [9.17, 15) is 24.6 Å². The van der Waals surface area contributed by atoms with Gasteiger partial charge in [0.15, 0.2) is 0 Å². The average molecular weight is 528 g/mol. The molecule has 0 aliphatic carbocycles. The lowest BCUT2D eigenvalue weighted by atomic mass is 9.95. The molecule has 9 nitrogen and oxygen atoms in total. The van der Waals surface area contributed by atoms with E-state index in [0.29, 0.717) is 11.1 Å². The molecule has 0 bridgehead atoms. The van der Waals surface area contributed by atoms with Crippen molar-refractivity contribution in [2.45, 2.75) is 78.6 Å². The van der Waals surface area contributed by atoms with Crippen molar-refractivity contribution in [3.05, 3.63) is 64.7 Å². The van der Waals surface area contributed by atoms with Crippen molar-refractivity contribution >= 4 is 17.9 Å². The van der Waals surface area contributed by atoms with Crippen LogP contribution in [0.3, 0.4) is 0 Å². The fraction of sp³-hybridized carbons (Fsp3) is 0.483. The molecule has 2 rings (SSSR count). The van der Waals surface area contributed by atoms with Crippen molar-refractivity contribution in [3.63, 3.8) is 0 Å². The summed E-state index contributed by atoms with van der Waals surface area (Å²) in [6.07, 6.45) is -0.709. The third kappa shape index (κ3) is 9.06. The molecule has 0 radical (unpaired) electrons. The summed E-state index contributed by atoms with van der Waals surface area (Å²) >= 11 is 0. The normalized spacial score (nSPS) is 13.0. The number of aliphatic hydroxyl groups is 1. The summed E-state index contributed by atoms with van der Waals surface area (Å²) in [5, 5.41) is 25.2. The van der Waals surface area contributed by atoms with Gasteiger partial charge in [-0.1, -0.05) is 35.9 Å². The monoisotopic (exact) mass is 527 g/mol. The maximum Gasteiger partial charge on any atom is 0.408 e. The number of hydrogen-bond donors (Lipinski definition) is 4. The van der Waals surface area contributed by atoms with Gasteiger partial charge in [-0.15, -0.1) is 0 Å². The molecule has 208 valence electrons. The van der Waals surface area contributed by atoms with Gasteiger partial charge in [-0.25, -0.2) is 4.79 Å². The molecule has 0 spiro atoms. The highest BCUT2D eigenvalue weighted by atomic mass is 16.6. The van der Waals surface area contributed by atoms with Crippen molar-refractivity contribution in [2.75, 3.05) is 13.2 Å². The second kappa shape index (κ2) is 13.3. The van der Waals surface area contributed by atoms with Gasteiger partial charge in [0.1, 0.15) is 23.4 Å². The van der Waals surface area contributed by atoms with Crippen LogP contribution in [0, 0.1) is 13.8 Å². The molecule has 2 aromatic rings. The first-order valence-electron chi connectivity index (χ1n) is 12.8. The second-order valence-corrected chi connectivity index (χ2v) is 10.8. The minimum Gasteiger partial charge on any atom is -0.508 e. The number of aryl methyl sites for hydroxylation is 2. The Labute approximate surface area is 225 Å². The first kappa shape index (κ1) is 30.6. The molecule has 3 amide bonds. The number of nitrogens with zero attached hydrogens (tertiary/aromatic N) is 1. The van der Waals surface area contributed by atoms with E-state index in [1.807, 2.05) is 45.9 Å². The summed E-state index contributed by atoms with van der Waals surface area (Å²) in [4.78, 5) is 41.7. The Bertz CT molecular complexity index is 1110. The lowest BCUT2D eigenvalue weighted by Gasteiger charge is -2.35. The Kier molecular flexibility index (Phi) is 10.7.